The highest BCUT2D eigenvalue weighted by molar-refractivity contribution is 6.15. The van der Waals surface area contributed by atoms with Crippen LogP contribution in [0.1, 0.15) is 5.82 Å². The molecule has 1 aliphatic heterocycles. The molecule has 0 aliphatic carbocycles. The van der Waals surface area contributed by atoms with Crippen LogP contribution in [0.4, 0.5) is 20.7 Å². The van der Waals surface area contributed by atoms with Crippen molar-refractivity contribution in [3.8, 4) is 11.8 Å². The number of ether oxygens (including phenoxy) is 3. The molecule has 3 aromatic heterocycles. The molecule has 1 amide bonds. The van der Waals surface area contributed by atoms with Gasteiger partial charge in [0.15, 0.2) is 5.75 Å². The molecule has 4 N–H and O–H groups in total. The second-order valence-corrected chi connectivity index (χ2v) is 8.79. The fraction of sp³-hybridized carbons (Fsp3) is 0.333. The Morgan fingerprint density at radius 2 is 1.90 bits per heavy atom. The predicted octanol–water partition coefficient (Wildman–Crippen LogP) is 1.70. The van der Waals surface area contributed by atoms with Crippen LogP contribution in [0.3, 0.4) is 0 Å². The Bertz CT molecular complexity index is 1520. The zero-order chi connectivity index (χ0) is 27.5. The van der Waals surface area contributed by atoms with Gasteiger partial charge in [0.2, 0.25) is 6.79 Å². The van der Waals surface area contributed by atoms with E-state index in [1.54, 1.807) is 6.92 Å². The third-order valence-corrected chi connectivity index (χ3v) is 6.08. The van der Waals surface area contributed by atoms with E-state index in [0.29, 0.717) is 27.9 Å². The summed E-state index contributed by atoms with van der Waals surface area (Å²) in [4.78, 5) is 47.4. The number of carbonyl (C=O) groups excluding carboxylic acids is 2. The number of benzene rings is 1. The van der Waals surface area contributed by atoms with Crippen molar-refractivity contribution < 1.29 is 28.2 Å². The van der Waals surface area contributed by atoms with Crippen LogP contribution in [0.5, 0.6) is 11.8 Å². The molecule has 1 aromatic carbocycles. The summed E-state index contributed by atoms with van der Waals surface area (Å²) in [7, 11) is 1.39. The van der Waals surface area contributed by atoms with Crippen LogP contribution in [0.25, 0.3) is 21.9 Å². The lowest BCUT2D eigenvalue weighted by Gasteiger charge is -2.26. The van der Waals surface area contributed by atoms with Crippen molar-refractivity contribution in [1.29, 1.82) is 0 Å². The molecule has 0 saturated carbocycles. The summed E-state index contributed by atoms with van der Waals surface area (Å²) in [6.07, 6.45) is 2.07. The van der Waals surface area contributed by atoms with Crippen molar-refractivity contribution in [2.45, 2.75) is 6.92 Å². The van der Waals surface area contributed by atoms with E-state index in [1.165, 1.54) is 25.5 Å². The number of aryl methyl sites for hydroxylation is 1. The fourth-order valence-corrected chi connectivity index (χ4v) is 4.14. The van der Waals surface area contributed by atoms with E-state index in [2.05, 4.69) is 30.2 Å². The second kappa shape index (κ2) is 11.0. The van der Waals surface area contributed by atoms with Crippen LogP contribution in [0.2, 0.25) is 0 Å². The molecule has 1 saturated heterocycles. The van der Waals surface area contributed by atoms with Gasteiger partial charge in [0.05, 0.1) is 35.5 Å². The van der Waals surface area contributed by atoms with Crippen LogP contribution in [-0.4, -0.2) is 88.4 Å². The van der Waals surface area contributed by atoms with Gasteiger partial charge in [0, 0.05) is 38.6 Å². The normalized spacial score (nSPS) is 13.9. The Balaban J connectivity index is 1.33. The molecule has 1 aliphatic rings. The standard InChI is InChI=1S/C24H26FN9O5/c1-13-28-9-15(10-29-13)39-23-31-21(26)19-16-7-14(25)8-17(20(16)30-22(19)32-23)33(2)24(36)38-12-37-18(35)11-34-5-3-27-4-6-34/h7-10,27H,3-6,11-12H2,1-2H3,(H3,26,30,31,32). The molecule has 0 spiro atoms. The number of hydrogen-bond acceptors (Lipinski definition) is 12. The average molecular weight is 540 g/mol. The van der Waals surface area contributed by atoms with Gasteiger partial charge in [-0.05, 0) is 19.1 Å². The third-order valence-electron chi connectivity index (χ3n) is 6.08. The molecule has 1 fully saturated rings. The number of H-pyrrole nitrogens is 1. The molecule has 39 heavy (non-hydrogen) atoms. The number of anilines is 2. The van der Waals surface area contributed by atoms with E-state index in [-0.39, 0.29) is 29.7 Å². The quantitative estimate of drug-likeness (QED) is 0.229. The smallest absolute Gasteiger partial charge is 0.416 e. The summed E-state index contributed by atoms with van der Waals surface area (Å²) in [5.74, 6) is -0.234. The molecule has 204 valence electrons. The molecular weight excluding hydrogens is 513 g/mol. The number of amides is 1. The Morgan fingerprint density at radius 1 is 1.15 bits per heavy atom. The number of nitrogen functional groups attached to an aromatic ring is 1. The first kappa shape index (κ1) is 26.0. The minimum atomic E-state index is -0.863. The summed E-state index contributed by atoms with van der Waals surface area (Å²) in [6.45, 7) is 4.27. The largest absolute Gasteiger partial charge is 0.427 e. The number of carbonyl (C=O) groups is 2. The number of aromatic nitrogens is 5. The number of halogens is 1. The zero-order valence-electron chi connectivity index (χ0n) is 21.2. The van der Waals surface area contributed by atoms with Crippen LogP contribution >= 0.6 is 0 Å². The lowest BCUT2D eigenvalue weighted by atomic mass is 10.1. The Labute approximate surface area is 221 Å². The van der Waals surface area contributed by atoms with Crippen LogP contribution < -0.4 is 20.7 Å². The van der Waals surface area contributed by atoms with Gasteiger partial charge in [-0.3, -0.25) is 14.6 Å². The number of rotatable bonds is 7. The minimum Gasteiger partial charge on any atom is -0.427 e. The van der Waals surface area contributed by atoms with Crippen molar-refractivity contribution in [3.63, 3.8) is 0 Å². The topological polar surface area (TPSA) is 174 Å². The summed E-state index contributed by atoms with van der Waals surface area (Å²) in [5, 5.41) is 3.89. The summed E-state index contributed by atoms with van der Waals surface area (Å²) >= 11 is 0. The van der Waals surface area contributed by atoms with Gasteiger partial charge in [0.25, 0.3) is 0 Å². The number of nitrogens with zero attached hydrogens (tertiary/aromatic N) is 6. The predicted molar refractivity (Wildman–Crippen MR) is 138 cm³/mol. The summed E-state index contributed by atoms with van der Waals surface area (Å²) in [5.41, 5.74) is 6.94. The first-order valence-corrected chi connectivity index (χ1v) is 12.0. The Hall–Kier alpha value is -4.63. The third kappa shape index (κ3) is 5.78. The lowest BCUT2D eigenvalue weighted by Crippen LogP contribution is -2.45. The highest BCUT2D eigenvalue weighted by atomic mass is 19.1. The van der Waals surface area contributed by atoms with E-state index in [0.717, 1.165) is 37.1 Å². The molecule has 5 rings (SSSR count). The van der Waals surface area contributed by atoms with E-state index >= 15 is 0 Å². The van der Waals surface area contributed by atoms with Crippen molar-refractivity contribution in [3.05, 3.63) is 36.2 Å². The zero-order valence-corrected chi connectivity index (χ0v) is 21.2. The summed E-state index contributed by atoms with van der Waals surface area (Å²) in [6, 6.07) is 2.33. The highest BCUT2D eigenvalue weighted by Crippen LogP contribution is 2.36. The molecular formula is C24H26FN9O5. The first-order valence-electron chi connectivity index (χ1n) is 12.0. The SMILES string of the molecule is Cc1ncc(Oc2nc(N)c3c(n2)[nH]c2c(N(C)C(=O)OCOC(=O)CN4CCNCC4)cc(F)cc23)cn1. The monoisotopic (exact) mass is 539 g/mol. The van der Waals surface area contributed by atoms with Gasteiger partial charge in [-0.25, -0.2) is 19.2 Å². The fourth-order valence-electron chi connectivity index (χ4n) is 4.14. The lowest BCUT2D eigenvalue weighted by molar-refractivity contribution is -0.153. The van der Waals surface area contributed by atoms with Crippen molar-refractivity contribution in [1.82, 2.24) is 35.1 Å². The molecule has 4 heterocycles. The number of piperazine rings is 1. The highest BCUT2D eigenvalue weighted by Gasteiger charge is 2.22. The van der Waals surface area contributed by atoms with Gasteiger partial charge in [0.1, 0.15) is 23.1 Å². The number of fused-ring (bicyclic) bond motifs is 3. The van der Waals surface area contributed by atoms with E-state index in [4.69, 9.17) is 19.9 Å². The molecule has 15 heteroatoms. The average Bonchev–Trinajstić information content (AvgIpc) is 3.28. The van der Waals surface area contributed by atoms with E-state index < -0.39 is 24.7 Å². The first-order chi connectivity index (χ1) is 18.8. The Kier molecular flexibility index (Phi) is 7.33. The minimum absolute atomic E-state index is 0.0347. The van der Waals surface area contributed by atoms with Crippen molar-refractivity contribution in [2.75, 3.05) is 57.2 Å². The van der Waals surface area contributed by atoms with Gasteiger partial charge in [-0.15, -0.1) is 0 Å². The molecule has 0 bridgehead atoms. The van der Waals surface area contributed by atoms with E-state index in [1.807, 2.05) is 4.90 Å². The second-order valence-electron chi connectivity index (χ2n) is 8.79. The Morgan fingerprint density at radius 3 is 2.64 bits per heavy atom. The molecule has 4 aromatic rings. The number of nitrogens with one attached hydrogen (secondary N) is 2. The summed E-state index contributed by atoms with van der Waals surface area (Å²) < 4.78 is 30.4. The maximum atomic E-state index is 14.6. The van der Waals surface area contributed by atoms with Crippen LogP contribution in [0, 0.1) is 12.7 Å². The van der Waals surface area contributed by atoms with Crippen molar-refractivity contribution in [2.24, 2.45) is 0 Å². The van der Waals surface area contributed by atoms with Crippen molar-refractivity contribution >= 4 is 45.5 Å². The van der Waals surface area contributed by atoms with Gasteiger partial charge < -0.3 is 30.2 Å². The van der Waals surface area contributed by atoms with Gasteiger partial charge in [-0.2, -0.15) is 9.97 Å². The molecule has 14 nitrogen and oxygen atoms in total. The van der Waals surface area contributed by atoms with Crippen LogP contribution in [-0.2, 0) is 14.3 Å². The number of nitrogens with two attached hydrogens (primary N) is 1. The van der Waals surface area contributed by atoms with Gasteiger partial charge in [-0.1, -0.05) is 0 Å². The maximum Gasteiger partial charge on any atom is 0.416 e. The number of aromatic amines is 1. The molecule has 0 radical (unpaired) electrons. The van der Waals surface area contributed by atoms with Gasteiger partial charge >= 0.3 is 18.1 Å². The van der Waals surface area contributed by atoms with E-state index in [9.17, 15) is 14.0 Å². The van der Waals surface area contributed by atoms with Crippen LogP contribution in [0.15, 0.2) is 24.5 Å². The number of hydrogen-bond donors (Lipinski definition) is 3. The molecule has 0 atom stereocenters. The maximum absolute atomic E-state index is 14.6. The number of esters is 1. The molecule has 0 unspecified atom stereocenters.